The Kier molecular flexibility index (Phi) is 2.60. The lowest BCUT2D eigenvalue weighted by molar-refractivity contribution is -0.00323. The van der Waals surface area contributed by atoms with E-state index in [1.807, 2.05) is 26.8 Å². The molecule has 1 heterocycles. The van der Waals surface area contributed by atoms with E-state index in [-0.39, 0.29) is 6.23 Å². The van der Waals surface area contributed by atoms with Gasteiger partial charge in [0.15, 0.2) is 0 Å². The van der Waals surface area contributed by atoms with E-state index in [0.29, 0.717) is 10.8 Å². The molecule has 1 amide bonds. The Bertz CT molecular complexity index is 482. The second kappa shape index (κ2) is 4.02. The van der Waals surface area contributed by atoms with E-state index >= 15 is 0 Å². The number of carbonyl (C=O) groups excluding carboxylic acids is 1. The fourth-order valence-electron chi connectivity index (χ4n) is 4.23. The van der Waals surface area contributed by atoms with E-state index in [9.17, 15) is 4.79 Å². The fraction of sp³-hybridized carbons (Fsp3) is 0.812. The predicted octanol–water partition coefficient (Wildman–Crippen LogP) is 2.79. The molecule has 0 aromatic heterocycles. The van der Waals surface area contributed by atoms with Gasteiger partial charge in [0.2, 0.25) is 0 Å². The zero-order valence-electron chi connectivity index (χ0n) is 13.0. The molecule has 1 aliphatic heterocycles. The van der Waals surface area contributed by atoms with Gasteiger partial charge >= 0.3 is 6.09 Å². The normalized spacial score (nSPS) is 31.0. The van der Waals surface area contributed by atoms with E-state index < -0.39 is 11.7 Å². The summed E-state index contributed by atoms with van der Waals surface area (Å²) in [5.41, 5.74) is 3.86. The van der Waals surface area contributed by atoms with Gasteiger partial charge in [-0.05, 0) is 69.3 Å². The maximum absolute atomic E-state index is 11.9. The van der Waals surface area contributed by atoms with Gasteiger partial charge in [-0.25, -0.2) is 9.80 Å². The van der Waals surface area contributed by atoms with E-state index in [2.05, 4.69) is 5.43 Å². The van der Waals surface area contributed by atoms with E-state index in [1.54, 1.807) is 6.20 Å². The summed E-state index contributed by atoms with van der Waals surface area (Å²) in [6.45, 7) is 6.38. The average molecular weight is 292 g/mol. The SMILES string of the molecule is CC(C)(C)OC(=O)N1C=CC(OCC2C3(CC3)C23CC3)N1. The molecular formula is C16H24N2O3. The Hall–Kier alpha value is -1.07. The molecule has 1 atom stereocenters. The highest BCUT2D eigenvalue weighted by Crippen LogP contribution is 2.92. The van der Waals surface area contributed by atoms with E-state index in [0.717, 1.165) is 12.5 Å². The van der Waals surface area contributed by atoms with Gasteiger partial charge < -0.3 is 9.47 Å². The van der Waals surface area contributed by atoms with Gasteiger partial charge in [0.1, 0.15) is 11.8 Å². The number of ether oxygens (including phenoxy) is 2. The van der Waals surface area contributed by atoms with Crippen molar-refractivity contribution in [2.45, 2.75) is 58.3 Å². The molecule has 0 radical (unpaired) electrons. The topological polar surface area (TPSA) is 50.8 Å². The first kappa shape index (κ1) is 13.6. The Morgan fingerprint density at radius 2 is 1.90 bits per heavy atom. The first-order valence-electron chi connectivity index (χ1n) is 7.95. The van der Waals surface area contributed by atoms with Gasteiger partial charge in [0.05, 0.1) is 6.61 Å². The molecule has 4 aliphatic rings. The van der Waals surface area contributed by atoms with Gasteiger partial charge in [0, 0.05) is 6.20 Å². The van der Waals surface area contributed by atoms with Crippen molar-refractivity contribution in [2.75, 3.05) is 6.61 Å². The van der Waals surface area contributed by atoms with Crippen LogP contribution in [0.5, 0.6) is 0 Å². The van der Waals surface area contributed by atoms with Crippen LogP contribution in [0.1, 0.15) is 46.5 Å². The Morgan fingerprint density at radius 1 is 1.29 bits per heavy atom. The minimum atomic E-state index is -0.490. The van der Waals surface area contributed by atoms with Crippen molar-refractivity contribution in [1.29, 1.82) is 0 Å². The molecule has 3 saturated carbocycles. The first-order chi connectivity index (χ1) is 9.86. The molecular weight excluding hydrogens is 268 g/mol. The molecule has 5 heteroatoms. The van der Waals surface area contributed by atoms with Crippen molar-refractivity contribution in [2.24, 2.45) is 16.7 Å². The molecule has 116 valence electrons. The summed E-state index contributed by atoms with van der Waals surface area (Å²) in [6, 6.07) is 0. The van der Waals surface area contributed by atoms with Crippen LogP contribution in [0.3, 0.4) is 0 Å². The summed E-state index contributed by atoms with van der Waals surface area (Å²) in [4.78, 5) is 11.9. The van der Waals surface area contributed by atoms with Crippen LogP contribution in [0.25, 0.3) is 0 Å². The molecule has 0 saturated heterocycles. The largest absolute Gasteiger partial charge is 0.442 e. The standard InChI is InChI=1S/C16H24N2O3/c1-14(2,3)21-13(19)18-9-4-12(17-18)20-10-11-15(5-6-15)16(11)7-8-16/h4,9,11-12,17H,5-8,10H2,1-3H3. The monoisotopic (exact) mass is 292 g/mol. The number of hydrogen-bond donors (Lipinski definition) is 1. The second-order valence-electron chi connectivity index (χ2n) is 7.94. The van der Waals surface area contributed by atoms with Crippen LogP contribution in [0.15, 0.2) is 12.3 Å². The lowest BCUT2D eigenvalue weighted by Crippen LogP contribution is -2.43. The molecule has 0 aromatic carbocycles. The third-order valence-electron chi connectivity index (χ3n) is 5.53. The molecule has 0 bridgehead atoms. The van der Waals surface area contributed by atoms with Crippen LogP contribution in [0.4, 0.5) is 4.79 Å². The van der Waals surface area contributed by atoms with Crippen LogP contribution < -0.4 is 5.43 Å². The van der Waals surface area contributed by atoms with Crippen molar-refractivity contribution < 1.29 is 14.3 Å². The maximum atomic E-state index is 11.9. The summed E-state index contributed by atoms with van der Waals surface area (Å²) < 4.78 is 11.3. The van der Waals surface area contributed by atoms with E-state index in [4.69, 9.17) is 9.47 Å². The Labute approximate surface area is 125 Å². The van der Waals surface area contributed by atoms with Crippen molar-refractivity contribution >= 4 is 6.09 Å². The number of nitrogens with one attached hydrogen (secondary N) is 1. The van der Waals surface area contributed by atoms with E-state index in [1.165, 1.54) is 30.7 Å². The van der Waals surface area contributed by atoms with Crippen LogP contribution in [0, 0.1) is 16.7 Å². The number of nitrogens with zero attached hydrogens (tertiary/aromatic N) is 1. The minimum absolute atomic E-state index is 0.218. The van der Waals surface area contributed by atoms with Crippen LogP contribution in [-0.2, 0) is 9.47 Å². The molecule has 3 aliphatic carbocycles. The first-order valence-corrected chi connectivity index (χ1v) is 7.95. The number of hydrazine groups is 1. The molecule has 4 rings (SSSR count). The minimum Gasteiger partial charge on any atom is -0.442 e. The summed E-state index contributed by atoms with van der Waals surface area (Å²) >= 11 is 0. The summed E-state index contributed by atoms with van der Waals surface area (Å²) in [7, 11) is 0. The highest BCUT2D eigenvalue weighted by atomic mass is 16.6. The number of hydrogen-bond acceptors (Lipinski definition) is 4. The molecule has 2 spiro atoms. The van der Waals surface area contributed by atoms with Crippen LogP contribution in [0.2, 0.25) is 0 Å². The highest BCUT2D eigenvalue weighted by molar-refractivity contribution is 5.69. The van der Waals surface area contributed by atoms with Crippen LogP contribution in [-0.4, -0.2) is 29.5 Å². The molecule has 21 heavy (non-hydrogen) atoms. The number of amides is 1. The Balaban J connectivity index is 1.24. The van der Waals surface area contributed by atoms with Crippen molar-refractivity contribution in [1.82, 2.24) is 10.4 Å². The molecule has 0 aromatic rings. The zero-order valence-corrected chi connectivity index (χ0v) is 13.0. The van der Waals surface area contributed by atoms with Gasteiger partial charge in [-0.15, -0.1) is 0 Å². The van der Waals surface area contributed by atoms with Gasteiger partial charge in [-0.1, -0.05) is 0 Å². The molecule has 1 N–H and O–H groups in total. The maximum Gasteiger partial charge on any atom is 0.429 e. The van der Waals surface area contributed by atoms with Gasteiger partial charge in [-0.2, -0.15) is 5.43 Å². The van der Waals surface area contributed by atoms with Crippen LogP contribution >= 0.6 is 0 Å². The average Bonchev–Trinajstić information content (AvgIpc) is 3.31. The lowest BCUT2D eigenvalue weighted by Gasteiger charge is -2.24. The van der Waals surface area contributed by atoms with Gasteiger partial charge in [0.25, 0.3) is 0 Å². The Morgan fingerprint density at radius 3 is 2.43 bits per heavy atom. The van der Waals surface area contributed by atoms with Crippen molar-refractivity contribution in [3.63, 3.8) is 0 Å². The fourth-order valence-corrected chi connectivity index (χ4v) is 4.23. The summed E-state index contributed by atoms with van der Waals surface area (Å²) in [5, 5.41) is 1.36. The predicted molar refractivity (Wildman–Crippen MR) is 76.9 cm³/mol. The number of rotatable bonds is 3. The highest BCUT2D eigenvalue weighted by Gasteiger charge is 2.86. The third-order valence-corrected chi connectivity index (χ3v) is 5.53. The number of carbonyl (C=O) groups is 1. The van der Waals surface area contributed by atoms with Gasteiger partial charge in [-0.3, -0.25) is 0 Å². The summed E-state index contributed by atoms with van der Waals surface area (Å²) in [6.07, 6.45) is 8.55. The smallest absolute Gasteiger partial charge is 0.429 e. The zero-order chi connectivity index (χ0) is 14.9. The molecule has 5 nitrogen and oxygen atoms in total. The van der Waals surface area contributed by atoms with Crippen molar-refractivity contribution in [3.8, 4) is 0 Å². The summed E-state index contributed by atoms with van der Waals surface area (Å²) in [5.74, 6) is 0.760. The van der Waals surface area contributed by atoms with Crippen molar-refractivity contribution in [3.05, 3.63) is 12.3 Å². The molecule has 1 unspecified atom stereocenters. The quantitative estimate of drug-likeness (QED) is 0.869. The number of fused-ring (bicyclic) bond motifs is 1. The molecule has 3 fully saturated rings. The second-order valence-corrected chi connectivity index (χ2v) is 7.94. The lowest BCUT2D eigenvalue weighted by atomic mass is 10.2. The third kappa shape index (κ3) is 2.09.